The minimum Gasteiger partial charge on any atom is -0.492 e. The maximum Gasteiger partial charge on any atom is 0.323 e. The monoisotopic (exact) mass is 573 g/mol. The van der Waals surface area contributed by atoms with Gasteiger partial charge < -0.3 is 25.4 Å². The maximum absolute atomic E-state index is 12.0. The molecule has 6 nitrogen and oxygen atoms in total. The Morgan fingerprint density at radius 2 is 1.59 bits per heavy atom. The van der Waals surface area contributed by atoms with Crippen LogP contribution in [0.15, 0.2) is 66.7 Å². The lowest BCUT2D eigenvalue weighted by atomic mass is 10.1. The molecule has 4 rings (SSSR count). The molecule has 1 saturated heterocycles. The molecule has 0 bridgehead atoms. The number of ether oxygens (including phenoxy) is 2. The Kier molecular flexibility index (Phi) is 12.6. The van der Waals surface area contributed by atoms with Crippen LogP contribution in [0.3, 0.4) is 0 Å². The zero-order valence-corrected chi connectivity index (χ0v) is 24.6. The zero-order valence-electron chi connectivity index (χ0n) is 23.8. The van der Waals surface area contributed by atoms with Crippen LogP contribution in [-0.4, -0.2) is 44.9 Å². The van der Waals surface area contributed by atoms with Gasteiger partial charge in [0.15, 0.2) is 0 Å². The van der Waals surface area contributed by atoms with E-state index >= 15 is 0 Å². The molecule has 1 heterocycles. The molecular formula is C34H40ClN3O3. The van der Waals surface area contributed by atoms with Crippen LogP contribution >= 0.6 is 11.6 Å². The van der Waals surface area contributed by atoms with Crippen molar-refractivity contribution in [2.45, 2.75) is 51.7 Å². The predicted octanol–water partition coefficient (Wildman–Crippen LogP) is 5.38. The van der Waals surface area contributed by atoms with Gasteiger partial charge in [0.2, 0.25) is 0 Å². The fourth-order valence-corrected chi connectivity index (χ4v) is 4.69. The average Bonchev–Trinajstić information content (AvgIpc) is 3.00. The van der Waals surface area contributed by atoms with E-state index in [0.717, 1.165) is 80.8 Å². The molecule has 1 aliphatic rings. The highest BCUT2D eigenvalue weighted by molar-refractivity contribution is 6.30. The second-order valence-electron chi connectivity index (χ2n) is 10.3. The molecule has 41 heavy (non-hydrogen) atoms. The van der Waals surface area contributed by atoms with Crippen molar-refractivity contribution in [3.8, 4) is 17.6 Å². The Morgan fingerprint density at radius 3 is 2.27 bits per heavy atom. The fourth-order valence-electron chi connectivity index (χ4n) is 4.56. The quantitative estimate of drug-likeness (QED) is 0.145. The molecule has 1 unspecified atom stereocenters. The van der Waals surface area contributed by atoms with Gasteiger partial charge in [0.25, 0.3) is 0 Å². The number of hydrogen-bond donors (Lipinski definition) is 3. The van der Waals surface area contributed by atoms with Crippen molar-refractivity contribution >= 4 is 17.6 Å². The van der Waals surface area contributed by atoms with E-state index in [1.54, 1.807) is 0 Å². The highest BCUT2D eigenvalue weighted by Gasteiger charge is 2.21. The summed E-state index contributed by atoms with van der Waals surface area (Å²) in [7, 11) is 0. The van der Waals surface area contributed by atoms with Crippen molar-refractivity contribution in [1.29, 1.82) is 0 Å². The minimum absolute atomic E-state index is 0.110. The molecule has 0 saturated carbocycles. The van der Waals surface area contributed by atoms with Gasteiger partial charge in [0.1, 0.15) is 18.4 Å². The van der Waals surface area contributed by atoms with E-state index in [2.05, 4.69) is 52.1 Å². The SMILES string of the molecule is Cc1cc(C#Cc2ccc(Cl)cc2)ccc1OCCNCc1ccc(CNCCCOC(=O)C2CCCCN2)cc1. The van der Waals surface area contributed by atoms with Crippen LogP contribution < -0.4 is 20.7 Å². The first-order valence-electron chi connectivity index (χ1n) is 14.5. The van der Waals surface area contributed by atoms with Crippen LogP contribution in [0.4, 0.5) is 0 Å². The number of aryl methyl sites for hydroxylation is 1. The second kappa shape index (κ2) is 16.8. The molecule has 0 aliphatic carbocycles. The maximum atomic E-state index is 12.0. The summed E-state index contributed by atoms with van der Waals surface area (Å²) in [6.45, 7) is 7.15. The number of hydrogen-bond acceptors (Lipinski definition) is 6. The van der Waals surface area contributed by atoms with Gasteiger partial charge in [-0.15, -0.1) is 0 Å². The number of carbonyl (C=O) groups excluding carboxylic acids is 1. The lowest BCUT2D eigenvalue weighted by Gasteiger charge is -2.21. The molecule has 1 aliphatic heterocycles. The third kappa shape index (κ3) is 10.9. The van der Waals surface area contributed by atoms with E-state index in [9.17, 15) is 4.79 Å². The third-order valence-corrected chi connectivity index (χ3v) is 7.18. The van der Waals surface area contributed by atoms with Crippen molar-refractivity contribution in [2.75, 3.05) is 32.8 Å². The standard InChI is InChI=1S/C34H40ClN3O3/c1-26-23-28(7-6-27-12-15-31(35)16-13-27)14-17-33(26)40-22-20-37-25-30-10-8-29(9-11-30)24-36-18-4-21-41-34(39)32-5-2-3-19-38-32/h8-17,23,32,36-38H,2-5,18-22,24-25H2,1H3. The number of nitrogens with one attached hydrogen (secondary N) is 3. The molecule has 7 heteroatoms. The molecule has 0 spiro atoms. The van der Waals surface area contributed by atoms with Crippen molar-refractivity contribution in [3.63, 3.8) is 0 Å². The Hall–Kier alpha value is -3.34. The molecular weight excluding hydrogens is 534 g/mol. The number of benzene rings is 3. The lowest BCUT2D eigenvalue weighted by molar-refractivity contribution is -0.146. The lowest BCUT2D eigenvalue weighted by Crippen LogP contribution is -2.41. The van der Waals surface area contributed by atoms with Crippen LogP contribution in [0.25, 0.3) is 0 Å². The number of esters is 1. The van der Waals surface area contributed by atoms with Crippen LogP contribution in [0.5, 0.6) is 5.75 Å². The molecule has 1 fully saturated rings. The first-order valence-corrected chi connectivity index (χ1v) is 14.8. The molecule has 216 valence electrons. The Morgan fingerprint density at radius 1 is 0.902 bits per heavy atom. The first kappa shape index (κ1) is 30.6. The van der Waals surface area contributed by atoms with Crippen molar-refractivity contribution in [1.82, 2.24) is 16.0 Å². The van der Waals surface area contributed by atoms with Gasteiger partial charge in [-0.3, -0.25) is 4.79 Å². The van der Waals surface area contributed by atoms with Gasteiger partial charge in [0.05, 0.1) is 6.61 Å². The van der Waals surface area contributed by atoms with Crippen LogP contribution in [0.1, 0.15) is 53.5 Å². The molecule has 0 aromatic heterocycles. The van der Waals surface area contributed by atoms with Crippen molar-refractivity contribution in [2.24, 2.45) is 0 Å². The largest absolute Gasteiger partial charge is 0.492 e. The second-order valence-corrected chi connectivity index (χ2v) is 10.7. The molecule has 3 aromatic carbocycles. The summed E-state index contributed by atoms with van der Waals surface area (Å²) in [4.78, 5) is 12.0. The van der Waals surface area contributed by atoms with Gasteiger partial charge >= 0.3 is 5.97 Å². The Labute approximate surface area is 249 Å². The van der Waals surface area contributed by atoms with Gasteiger partial charge in [-0.05, 0) is 98.4 Å². The topological polar surface area (TPSA) is 71.6 Å². The summed E-state index contributed by atoms with van der Waals surface area (Å²) in [6.07, 6.45) is 3.93. The highest BCUT2D eigenvalue weighted by atomic mass is 35.5. The highest BCUT2D eigenvalue weighted by Crippen LogP contribution is 2.19. The summed E-state index contributed by atoms with van der Waals surface area (Å²) in [5, 5.41) is 10.8. The Balaban J connectivity index is 1.06. The van der Waals surface area contributed by atoms with Crippen molar-refractivity contribution in [3.05, 3.63) is 99.6 Å². The van der Waals surface area contributed by atoms with Crippen LogP contribution in [0.2, 0.25) is 5.02 Å². The van der Waals surface area contributed by atoms with Gasteiger partial charge in [-0.2, -0.15) is 0 Å². The fraction of sp³-hybridized carbons (Fsp3) is 0.382. The molecule has 3 aromatic rings. The average molecular weight is 574 g/mol. The molecule has 0 radical (unpaired) electrons. The van der Waals surface area contributed by atoms with Crippen LogP contribution in [0, 0.1) is 18.8 Å². The van der Waals surface area contributed by atoms with Gasteiger partial charge in [0, 0.05) is 35.8 Å². The van der Waals surface area contributed by atoms with Crippen LogP contribution in [-0.2, 0) is 22.6 Å². The number of piperidine rings is 1. The van der Waals surface area contributed by atoms with E-state index in [1.807, 2.05) is 49.4 Å². The van der Waals surface area contributed by atoms with E-state index in [-0.39, 0.29) is 12.0 Å². The summed E-state index contributed by atoms with van der Waals surface area (Å²) in [5.41, 5.74) is 5.42. The molecule has 0 amide bonds. The van der Waals surface area contributed by atoms with E-state index in [4.69, 9.17) is 21.1 Å². The normalized spacial score (nSPS) is 14.6. The molecule has 1 atom stereocenters. The minimum atomic E-state index is -0.119. The van der Waals surface area contributed by atoms with E-state index in [1.165, 1.54) is 11.1 Å². The molecule has 3 N–H and O–H groups in total. The van der Waals surface area contributed by atoms with E-state index < -0.39 is 0 Å². The Bertz CT molecular complexity index is 1290. The van der Waals surface area contributed by atoms with Crippen molar-refractivity contribution < 1.29 is 14.3 Å². The van der Waals surface area contributed by atoms with Gasteiger partial charge in [-0.25, -0.2) is 0 Å². The summed E-state index contributed by atoms with van der Waals surface area (Å²) >= 11 is 5.93. The summed E-state index contributed by atoms with van der Waals surface area (Å²) in [5.74, 6) is 7.13. The first-order chi connectivity index (χ1) is 20.1. The van der Waals surface area contributed by atoms with Gasteiger partial charge in [-0.1, -0.05) is 54.1 Å². The summed E-state index contributed by atoms with van der Waals surface area (Å²) < 4.78 is 11.4. The smallest absolute Gasteiger partial charge is 0.323 e. The zero-order chi connectivity index (χ0) is 28.7. The van der Waals surface area contributed by atoms with E-state index in [0.29, 0.717) is 18.2 Å². The third-order valence-electron chi connectivity index (χ3n) is 6.92. The number of rotatable bonds is 13. The number of carbonyl (C=O) groups is 1. The number of halogens is 1. The predicted molar refractivity (Wildman–Crippen MR) is 165 cm³/mol. The summed E-state index contributed by atoms with van der Waals surface area (Å²) in [6, 6.07) is 22.0.